The fourth-order valence-corrected chi connectivity index (χ4v) is 2.08. The first-order valence-electron chi connectivity index (χ1n) is 6.51. The molecule has 3 rings (SSSR count). The summed E-state index contributed by atoms with van der Waals surface area (Å²) in [7, 11) is 0. The number of hydrogen-bond acceptors (Lipinski definition) is 3. The summed E-state index contributed by atoms with van der Waals surface area (Å²) in [6.45, 7) is 0. The molecule has 0 saturated carbocycles. The molecule has 0 atom stereocenters. The number of hydrogen-bond donors (Lipinski definition) is 2. The molecule has 0 saturated heterocycles. The van der Waals surface area contributed by atoms with Crippen LogP contribution in [-0.4, -0.2) is 20.7 Å². The van der Waals surface area contributed by atoms with Crippen molar-refractivity contribution < 1.29 is 0 Å². The van der Waals surface area contributed by atoms with E-state index in [9.17, 15) is 0 Å². The van der Waals surface area contributed by atoms with Crippen molar-refractivity contribution in [2.24, 2.45) is 16.5 Å². The first-order chi connectivity index (χ1) is 10.6. The maximum absolute atomic E-state index is 5.90. The Morgan fingerprint density at radius 1 is 1.00 bits per heavy atom. The molecule has 4 N–H and O–H groups in total. The maximum Gasteiger partial charge on any atom is 0.256 e. The van der Waals surface area contributed by atoms with Crippen LogP contribution in [-0.2, 0) is 0 Å². The van der Waals surface area contributed by atoms with E-state index in [-0.39, 0.29) is 5.96 Å². The Kier molecular flexibility index (Phi) is 3.76. The maximum atomic E-state index is 5.90. The third kappa shape index (κ3) is 2.91. The molecule has 22 heavy (non-hydrogen) atoms. The van der Waals surface area contributed by atoms with Crippen LogP contribution in [0.4, 0.5) is 5.95 Å². The molecule has 1 aromatic heterocycles. The second kappa shape index (κ2) is 5.87. The molecule has 6 nitrogen and oxygen atoms in total. The largest absolute Gasteiger partial charge is 0.370 e. The molecule has 2 aromatic carbocycles. The number of benzene rings is 2. The van der Waals surface area contributed by atoms with Gasteiger partial charge in [0, 0.05) is 10.6 Å². The Hall–Kier alpha value is -2.86. The zero-order chi connectivity index (χ0) is 15.5. The molecule has 110 valence electrons. The van der Waals surface area contributed by atoms with Gasteiger partial charge in [0.05, 0.1) is 5.69 Å². The van der Waals surface area contributed by atoms with Crippen LogP contribution < -0.4 is 11.5 Å². The Morgan fingerprint density at radius 2 is 1.68 bits per heavy atom. The van der Waals surface area contributed by atoms with E-state index in [4.69, 9.17) is 23.1 Å². The molecule has 0 fully saturated rings. The van der Waals surface area contributed by atoms with Gasteiger partial charge in [-0.1, -0.05) is 29.8 Å². The minimum absolute atomic E-state index is 0.0766. The molecule has 0 spiro atoms. The number of nitrogens with zero attached hydrogens (tertiary/aromatic N) is 4. The van der Waals surface area contributed by atoms with Gasteiger partial charge in [-0.15, -0.1) is 5.10 Å². The molecule has 0 aliphatic rings. The van der Waals surface area contributed by atoms with Gasteiger partial charge in [-0.25, -0.2) is 0 Å². The SMILES string of the molecule is NC(N)=Nc1nc(-c2ccc(Cl)cc2)nn1-c1ccccc1. The van der Waals surface area contributed by atoms with E-state index >= 15 is 0 Å². The van der Waals surface area contributed by atoms with Crippen molar-refractivity contribution >= 4 is 23.5 Å². The van der Waals surface area contributed by atoms with Gasteiger partial charge in [0.25, 0.3) is 5.95 Å². The average Bonchev–Trinajstić information content (AvgIpc) is 2.92. The van der Waals surface area contributed by atoms with Crippen LogP contribution in [0.15, 0.2) is 59.6 Å². The summed E-state index contributed by atoms with van der Waals surface area (Å²) in [5.74, 6) is 0.754. The van der Waals surface area contributed by atoms with E-state index in [0.717, 1.165) is 11.3 Å². The molecule has 0 aliphatic heterocycles. The minimum atomic E-state index is -0.0766. The molecule has 0 unspecified atom stereocenters. The predicted molar refractivity (Wildman–Crippen MR) is 87.3 cm³/mol. The van der Waals surface area contributed by atoms with Crippen LogP contribution in [0.25, 0.3) is 17.1 Å². The monoisotopic (exact) mass is 312 g/mol. The number of nitrogens with two attached hydrogens (primary N) is 2. The molecular formula is C15H13ClN6. The topological polar surface area (TPSA) is 95.1 Å². The number of halogens is 1. The van der Waals surface area contributed by atoms with Crippen LogP contribution >= 0.6 is 11.6 Å². The third-order valence-electron chi connectivity index (χ3n) is 2.92. The minimum Gasteiger partial charge on any atom is -0.370 e. The number of para-hydroxylation sites is 1. The van der Waals surface area contributed by atoms with Gasteiger partial charge >= 0.3 is 0 Å². The predicted octanol–water partition coefficient (Wildman–Crippen LogP) is 2.49. The average molecular weight is 313 g/mol. The zero-order valence-electron chi connectivity index (χ0n) is 11.5. The van der Waals surface area contributed by atoms with Crippen molar-refractivity contribution in [2.45, 2.75) is 0 Å². The van der Waals surface area contributed by atoms with E-state index in [1.807, 2.05) is 42.5 Å². The summed E-state index contributed by atoms with van der Waals surface area (Å²) in [4.78, 5) is 8.42. The smallest absolute Gasteiger partial charge is 0.256 e. The number of guanidine groups is 1. The number of rotatable bonds is 3. The fraction of sp³-hybridized carbons (Fsp3) is 0. The first kappa shape index (κ1) is 14.1. The van der Waals surface area contributed by atoms with E-state index in [1.165, 1.54) is 0 Å². The van der Waals surface area contributed by atoms with E-state index in [2.05, 4.69) is 15.1 Å². The van der Waals surface area contributed by atoms with Crippen LogP contribution in [0.1, 0.15) is 0 Å². The summed E-state index contributed by atoms with van der Waals surface area (Å²) in [6, 6.07) is 16.7. The van der Waals surface area contributed by atoms with Gasteiger partial charge in [-0.3, -0.25) is 0 Å². The molecule has 0 aliphatic carbocycles. The molecule has 1 heterocycles. The second-order valence-corrected chi connectivity index (χ2v) is 4.96. The van der Waals surface area contributed by atoms with Gasteiger partial charge in [-0.05, 0) is 36.4 Å². The van der Waals surface area contributed by atoms with E-state index in [0.29, 0.717) is 16.8 Å². The third-order valence-corrected chi connectivity index (χ3v) is 3.17. The summed E-state index contributed by atoms with van der Waals surface area (Å²) < 4.78 is 1.59. The highest BCUT2D eigenvalue weighted by Gasteiger charge is 2.12. The molecule has 7 heteroatoms. The molecule has 0 amide bonds. The van der Waals surface area contributed by atoms with Crippen molar-refractivity contribution in [1.29, 1.82) is 0 Å². The summed E-state index contributed by atoms with van der Waals surface area (Å²) in [6.07, 6.45) is 0. The highest BCUT2D eigenvalue weighted by atomic mass is 35.5. The van der Waals surface area contributed by atoms with Crippen LogP contribution in [0, 0.1) is 0 Å². The Bertz CT molecular complexity index is 804. The van der Waals surface area contributed by atoms with Gasteiger partial charge in [-0.2, -0.15) is 14.7 Å². The fourth-order valence-electron chi connectivity index (χ4n) is 1.96. The van der Waals surface area contributed by atoms with Crippen molar-refractivity contribution in [3.63, 3.8) is 0 Å². The molecule has 0 radical (unpaired) electrons. The lowest BCUT2D eigenvalue weighted by atomic mass is 10.2. The van der Waals surface area contributed by atoms with E-state index < -0.39 is 0 Å². The second-order valence-electron chi connectivity index (χ2n) is 4.53. The summed E-state index contributed by atoms with van der Waals surface area (Å²) >= 11 is 5.90. The van der Waals surface area contributed by atoms with Gasteiger partial charge in [0.2, 0.25) is 0 Å². The van der Waals surface area contributed by atoms with Crippen molar-refractivity contribution in [3.8, 4) is 17.1 Å². The first-order valence-corrected chi connectivity index (χ1v) is 6.89. The van der Waals surface area contributed by atoms with Crippen LogP contribution in [0.3, 0.4) is 0 Å². The van der Waals surface area contributed by atoms with Crippen LogP contribution in [0.5, 0.6) is 0 Å². The number of aliphatic imine (C=N–C) groups is 1. The Balaban J connectivity index is 2.13. The van der Waals surface area contributed by atoms with Crippen molar-refractivity contribution in [1.82, 2.24) is 14.8 Å². The lowest BCUT2D eigenvalue weighted by molar-refractivity contribution is 0.881. The van der Waals surface area contributed by atoms with Gasteiger partial charge in [0.15, 0.2) is 11.8 Å². The lowest BCUT2D eigenvalue weighted by Gasteiger charge is -2.01. The van der Waals surface area contributed by atoms with Gasteiger partial charge < -0.3 is 11.5 Å². The summed E-state index contributed by atoms with van der Waals surface area (Å²) in [5, 5.41) is 5.13. The molecule has 3 aromatic rings. The Morgan fingerprint density at radius 3 is 2.32 bits per heavy atom. The van der Waals surface area contributed by atoms with Crippen LogP contribution in [0.2, 0.25) is 5.02 Å². The highest BCUT2D eigenvalue weighted by Crippen LogP contribution is 2.23. The highest BCUT2D eigenvalue weighted by molar-refractivity contribution is 6.30. The van der Waals surface area contributed by atoms with E-state index in [1.54, 1.807) is 16.8 Å². The zero-order valence-corrected chi connectivity index (χ0v) is 12.3. The Labute approximate surface area is 132 Å². The van der Waals surface area contributed by atoms with Gasteiger partial charge in [0.1, 0.15) is 0 Å². The molecule has 0 bridgehead atoms. The quantitative estimate of drug-likeness (QED) is 0.573. The van der Waals surface area contributed by atoms with Crippen molar-refractivity contribution in [2.75, 3.05) is 0 Å². The van der Waals surface area contributed by atoms with Crippen molar-refractivity contribution in [3.05, 3.63) is 59.6 Å². The number of aromatic nitrogens is 3. The normalized spacial score (nSPS) is 10.4. The lowest BCUT2D eigenvalue weighted by Crippen LogP contribution is -2.22. The molecular weight excluding hydrogens is 300 g/mol. The standard InChI is InChI=1S/C15H13ClN6/c16-11-8-6-10(7-9-11)13-19-15(20-14(17)18)22(21-13)12-4-2-1-3-5-12/h1-9H,(H4,17,18,19,20,21). The summed E-state index contributed by atoms with van der Waals surface area (Å²) in [5.41, 5.74) is 12.6.